The topological polar surface area (TPSA) is 51.3 Å². The number of hydrogen-bond donors (Lipinski definition) is 1. The maximum absolute atomic E-state index is 12.6. The number of nitrogens with two attached hydrogens (primary N) is 1. The Kier molecular flexibility index (Phi) is 4.68. The number of halogens is 1. The van der Waals surface area contributed by atoms with Crippen LogP contribution in [0.25, 0.3) is 0 Å². The first-order chi connectivity index (χ1) is 9.08. The van der Waals surface area contributed by atoms with E-state index in [1.54, 1.807) is 0 Å². The summed E-state index contributed by atoms with van der Waals surface area (Å²) in [5.74, 6) is 0.665. The lowest BCUT2D eigenvalue weighted by molar-refractivity contribution is 0.0707. The lowest BCUT2D eigenvalue weighted by Crippen LogP contribution is -2.43. The summed E-state index contributed by atoms with van der Waals surface area (Å²) in [6.45, 7) is 3.51. The van der Waals surface area contributed by atoms with Crippen molar-refractivity contribution in [3.05, 3.63) is 22.4 Å². The molecule has 2 rings (SSSR count). The molecule has 1 aromatic heterocycles. The predicted molar refractivity (Wildman–Crippen MR) is 80.1 cm³/mol. The predicted octanol–water partition coefficient (Wildman–Crippen LogP) is 2.47. The summed E-state index contributed by atoms with van der Waals surface area (Å²) in [7, 11) is 1.87. The van der Waals surface area contributed by atoms with E-state index in [1.807, 2.05) is 28.8 Å². The largest absolute Gasteiger partial charge is 0.342 e. The second-order valence-corrected chi connectivity index (χ2v) is 6.21. The van der Waals surface area contributed by atoms with Gasteiger partial charge in [0.05, 0.1) is 0 Å². The number of amides is 1. The van der Waals surface area contributed by atoms with Gasteiger partial charge in [-0.2, -0.15) is 0 Å². The van der Waals surface area contributed by atoms with Gasteiger partial charge in [-0.25, -0.2) is 0 Å². The molecule has 0 spiro atoms. The summed E-state index contributed by atoms with van der Waals surface area (Å²) in [5, 5.41) is 0. The van der Waals surface area contributed by atoms with Crippen molar-refractivity contribution >= 4 is 21.8 Å². The number of hydrogen-bond acceptors (Lipinski definition) is 2. The van der Waals surface area contributed by atoms with Crippen LogP contribution in [0.2, 0.25) is 0 Å². The molecule has 1 aromatic rings. The first-order valence-corrected chi connectivity index (χ1v) is 7.70. The second kappa shape index (κ2) is 6.09. The Balaban J connectivity index is 2.17. The Hall–Kier alpha value is -0.810. The summed E-state index contributed by atoms with van der Waals surface area (Å²) in [4.78, 5) is 14.4. The average Bonchev–Trinajstić information content (AvgIpc) is 3.14. The molecule has 4 nitrogen and oxygen atoms in total. The Morgan fingerprint density at radius 2 is 2.32 bits per heavy atom. The van der Waals surface area contributed by atoms with Crippen molar-refractivity contribution in [3.63, 3.8) is 0 Å². The van der Waals surface area contributed by atoms with E-state index in [1.165, 1.54) is 12.8 Å². The molecule has 2 N–H and O–H groups in total. The normalized spacial score (nSPS) is 16.4. The third kappa shape index (κ3) is 3.20. The lowest BCUT2D eigenvalue weighted by Gasteiger charge is -2.27. The number of carbonyl (C=O) groups excluding carboxylic acids is 1. The monoisotopic (exact) mass is 327 g/mol. The van der Waals surface area contributed by atoms with Crippen molar-refractivity contribution < 1.29 is 4.79 Å². The van der Waals surface area contributed by atoms with Crippen molar-refractivity contribution in [1.29, 1.82) is 0 Å². The zero-order valence-corrected chi connectivity index (χ0v) is 13.2. The highest BCUT2D eigenvalue weighted by atomic mass is 79.9. The van der Waals surface area contributed by atoms with Gasteiger partial charge in [-0.3, -0.25) is 4.79 Å². The Morgan fingerprint density at radius 3 is 2.84 bits per heavy atom. The summed E-state index contributed by atoms with van der Waals surface area (Å²) in [6, 6.07) is 2.07. The molecule has 5 heteroatoms. The Morgan fingerprint density at radius 1 is 1.63 bits per heavy atom. The van der Waals surface area contributed by atoms with E-state index in [0.717, 1.165) is 23.1 Å². The zero-order valence-electron chi connectivity index (χ0n) is 11.6. The maximum Gasteiger partial charge on any atom is 0.270 e. The van der Waals surface area contributed by atoms with E-state index in [4.69, 9.17) is 5.73 Å². The molecule has 0 radical (unpaired) electrons. The van der Waals surface area contributed by atoms with E-state index >= 15 is 0 Å². The van der Waals surface area contributed by atoms with Crippen molar-refractivity contribution in [2.45, 2.75) is 38.8 Å². The average molecular weight is 328 g/mol. The van der Waals surface area contributed by atoms with Crippen LogP contribution in [-0.2, 0) is 6.54 Å². The van der Waals surface area contributed by atoms with Gasteiger partial charge in [-0.15, -0.1) is 0 Å². The molecule has 0 aromatic carbocycles. The van der Waals surface area contributed by atoms with Crippen LogP contribution in [0.4, 0.5) is 0 Å². The number of carbonyl (C=O) groups is 1. The van der Waals surface area contributed by atoms with Crippen LogP contribution in [0.5, 0.6) is 0 Å². The summed E-state index contributed by atoms with van der Waals surface area (Å²) in [6.07, 6.45) is 5.37. The van der Waals surface area contributed by atoms with E-state index in [9.17, 15) is 4.79 Å². The summed E-state index contributed by atoms with van der Waals surface area (Å²) < 4.78 is 2.97. The molecule has 0 saturated heterocycles. The van der Waals surface area contributed by atoms with Crippen molar-refractivity contribution in [3.8, 4) is 0 Å². The minimum Gasteiger partial charge on any atom is -0.342 e. The molecule has 0 bridgehead atoms. The fourth-order valence-corrected chi connectivity index (χ4v) is 3.02. The molecule has 0 aliphatic heterocycles. The van der Waals surface area contributed by atoms with Crippen LogP contribution in [0.1, 0.15) is 36.7 Å². The van der Waals surface area contributed by atoms with Crippen molar-refractivity contribution in [2.24, 2.45) is 11.7 Å². The highest BCUT2D eigenvalue weighted by Gasteiger charge is 2.35. The third-order valence-electron chi connectivity index (χ3n) is 3.77. The highest BCUT2D eigenvalue weighted by Crippen LogP contribution is 2.35. The van der Waals surface area contributed by atoms with Crippen LogP contribution in [0, 0.1) is 5.92 Å². The van der Waals surface area contributed by atoms with E-state index in [0.29, 0.717) is 12.5 Å². The van der Waals surface area contributed by atoms with Gasteiger partial charge in [-0.05, 0) is 47.2 Å². The summed E-state index contributed by atoms with van der Waals surface area (Å²) >= 11 is 3.45. The molecular formula is C14H22BrN3O. The number of nitrogens with zero attached hydrogens (tertiary/aromatic N) is 2. The quantitative estimate of drug-likeness (QED) is 0.872. The maximum atomic E-state index is 12.6. The van der Waals surface area contributed by atoms with E-state index in [2.05, 4.69) is 22.9 Å². The van der Waals surface area contributed by atoms with Crippen LogP contribution in [0.3, 0.4) is 0 Å². The fraction of sp³-hybridized carbons (Fsp3) is 0.643. The standard InChI is InChI=1S/C14H22BrN3O/c1-3-6-18-9-11(15)7-12(18)14(19)17(2)13(8-16)10-4-5-10/h7,9-10,13H,3-6,8,16H2,1-2H3. The van der Waals surface area contributed by atoms with Crippen LogP contribution >= 0.6 is 15.9 Å². The number of likely N-dealkylation sites (N-methyl/N-ethyl adjacent to an activating group) is 1. The minimum atomic E-state index is 0.0708. The number of rotatable bonds is 6. The van der Waals surface area contributed by atoms with Crippen molar-refractivity contribution in [2.75, 3.05) is 13.6 Å². The minimum absolute atomic E-state index is 0.0708. The molecule has 1 aliphatic rings. The number of aryl methyl sites for hydroxylation is 1. The van der Waals surface area contributed by atoms with E-state index < -0.39 is 0 Å². The smallest absolute Gasteiger partial charge is 0.270 e. The molecule has 1 amide bonds. The molecule has 1 heterocycles. The van der Waals surface area contributed by atoms with Gasteiger partial charge in [-0.1, -0.05) is 6.92 Å². The zero-order chi connectivity index (χ0) is 14.0. The van der Waals surface area contributed by atoms with Gasteiger partial charge in [0, 0.05) is 36.8 Å². The fourth-order valence-electron chi connectivity index (χ4n) is 2.56. The molecule has 1 saturated carbocycles. The highest BCUT2D eigenvalue weighted by molar-refractivity contribution is 9.10. The van der Waals surface area contributed by atoms with Crippen molar-refractivity contribution in [1.82, 2.24) is 9.47 Å². The number of aromatic nitrogens is 1. The SMILES string of the molecule is CCCn1cc(Br)cc1C(=O)N(C)C(CN)C1CC1. The third-order valence-corrected chi connectivity index (χ3v) is 4.21. The first kappa shape index (κ1) is 14.6. The molecule has 19 heavy (non-hydrogen) atoms. The second-order valence-electron chi connectivity index (χ2n) is 5.29. The van der Waals surface area contributed by atoms with Gasteiger partial charge in [0.25, 0.3) is 5.91 Å². The molecule has 106 valence electrons. The molecule has 1 atom stereocenters. The molecule has 1 fully saturated rings. The van der Waals surface area contributed by atoms with Crippen LogP contribution in [0.15, 0.2) is 16.7 Å². The van der Waals surface area contributed by atoms with Gasteiger partial charge >= 0.3 is 0 Å². The van der Waals surface area contributed by atoms with Gasteiger partial charge in [0.2, 0.25) is 0 Å². The summed E-state index contributed by atoms with van der Waals surface area (Å²) in [5.41, 5.74) is 6.57. The first-order valence-electron chi connectivity index (χ1n) is 6.91. The van der Waals surface area contributed by atoms with E-state index in [-0.39, 0.29) is 11.9 Å². The molecule has 1 unspecified atom stereocenters. The van der Waals surface area contributed by atoms with Gasteiger partial charge in [0.1, 0.15) is 5.69 Å². The van der Waals surface area contributed by atoms with Gasteiger partial charge < -0.3 is 15.2 Å². The van der Waals surface area contributed by atoms with Gasteiger partial charge in [0.15, 0.2) is 0 Å². The Labute approximate surface area is 123 Å². The lowest BCUT2D eigenvalue weighted by atomic mass is 10.1. The van der Waals surface area contributed by atoms with Crippen LogP contribution in [-0.4, -0.2) is 35.0 Å². The molecule has 1 aliphatic carbocycles. The van der Waals surface area contributed by atoms with Crippen LogP contribution < -0.4 is 5.73 Å². The Bertz CT molecular complexity index is 454. The molecular weight excluding hydrogens is 306 g/mol.